The minimum atomic E-state index is -4.82. The van der Waals surface area contributed by atoms with E-state index in [1.807, 2.05) is 0 Å². The van der Waals surface area contributed by atoms with Gasteiger partial charge in [0.05, 0.1) is 24.2 Å². The number of aromatic nitrogens is 6. The zero-order valence-corrected chi connectivity index (χ0v) is 25.9. The van der Waals surface area contributed by atoms with Crippen molar-refractivity contribution in [3.05, 3.63) is 70.9 Å². The topological polar surface area (TPSA) is 163 Å². The number of hydrogen-bond donors (Lipinski definition) is 2. The van der Waals surface area contributed by atoms with E-state index in [9.17, 15) is 27.6 Å². The number of benzene rings is 1. The third-order valence-corrected chi connectivity index (χ3v) is 6.75. The summed E-state index contributed by atoms with van der Waals surface area (Å²) in [5, 5.41) is 22.6. The van der Waals surface area contributed by atoms with Gasteiger partial charge in [-0.15, -0.1) is 28.5 Å². The lowest BCUT2D eigenvalue weighted by Crippen LogP contribution is -2.26. The van der Waals surface area contributed by atoms with Gasteiger partial charge in [0.2, 0.25) is 16.9 Å². The summed E-state index contributed by atoms with van der Waals surface area (Å²) in [6.45, 7) is 5.26. The maximum atomic E-state index is 12.4. The van der Waals surface area contributed by atoms with Crippen molar-refractivity contribution in [3.8, 4) is 5.75 Å². The van der Waals surface area contributed by atoms with Crippen LogP contribution in [0.15, 0.2) is 48.9 Å². The Kier molecular flexibility index (Phi) is 11.0. The summed E-state index contributed by atoms with van der Waals surface area (Å²) >= 11 is 1.27. The molecule has 17 heteroatoms. The smallest absolute Gasteiger partial charge is 0.443 e. The van der Waals surface area contributed by atoms with Gasteiger partial charge in [-0.1, -0.05) is 23.5 Å². The predicted octanol–water partition coefficient (Wildman–Crippen LogP) is 5.13. The molecule has 0 unspecified atom stereocenters. The average molecular weight is 661 g/mol. The largest absolute Gasteiger partial charge is 0.573 e. The van der Waals surface area contributed by atoms with Crippen LogP contribution in [0.1, 0.15) is 55.6 Å². The van der Waals surface area contributed by atoms with E-state index in [2.05, 4.69) is 40.7 Å². The Hall–Kier alpha value is -4.93. The van der Waals surface area contributed by atoms with E-state index < -0.39 is 29.7 Å². The minimum Gasteiger partial charge on any atom is -0.443 e. The van der Waals surface area contributed by atoms with Crippen molar-refractivity contribution in [2.75, 3.05) is 10.6 Å². The van der Waals surface area contributed by atoms with Crippen molar-refractivity contribution in [2.24, 2.45) is 0 Å². The number of rotatable bonds is 12. The molecule has 0 atom stereocenters. The van der Waals surface area contributed by atoms with Crippen molar-refractivity contribution in [1.82, 2.24) is 29.9 Å². The highest BCUT2D eigenvalue weighted by atomic mass is 32.1. The number of unbranched alkanes of at least 4 members (excludes halogenated alkanes) is 1. The highest BCUT2D eigenvalue weighted by molar-refractivity contribution is 7.15. The number of ether oxygens (including phenoxy) is 2. The van der Waals surface area contributed by atoms with Crippen molar-refractivity contribution in [1.29, 1.82) is 0 Å². The van der Waals surface area contributed by atoms with Gasteiger partial charge in [-0.3, -0.25) is 9.59 Å². The molecule has 0 spiro atoms. The number of amides is 2. The van der Waals surface area contributed by atoms with E-state index in [0.717, 1.165) is 30.0 Å². The second kappa shape index (κ2) is 14.9. The Morgan fingerprint density at radius 3 is 2.37 bits per heavy atom. The number of imidazole rings is 1. The summed E-state index contributed by atoms with van der Waals surface area (Å²) in [4.78, 5) is 40.9. The summed E-state index contributed by atoms with van der Waals surface area (Å²) in [7, 11) is 0. The van der Waals surface area contributed by atoms with Crippen LogP contribution in [0.5, 0.6) is 5.75 Å². The summed E-state index contributed by atoms with van der Waals surface area (Å²) in [5.41, 5.74) is 0.807. The van der Waals surface area contributed by atoms with Crippen LogP contribution in [0.25, 0.3) is 0 Å². The fourth-order valence-electron chi connectivity index (χ4n) is 3.97. The van der Waals surface area contributed by atoms with Crippen molar-refractivity contribution in [2.45, 2.75) is 71.3 Å². The monoisotopic (exact) mass is 660 g/mol. The van der Waals surface area contributed by atoms with Crippen molar-refractivity contribution < 1.29 is 37.0 Å². The summed E-state index contributed by atoms with van der Waals surface area (Å²) in [6, 6.07) is 8.53. The lowest BCUT2D eigenvalue weighted by Gasteiger charge is -2.19. The molecule has 0 fully saturated rings. The maximum Gasteiger partial charge on any atom is 0.573 e. The van der Waals surface area contributed by atoms with E-state index in [4.69, 9.17) is 4.74 Å². The molecule has 0 radical (unpaired) electrons. The molecule has 4 aromatic rings. The van der Waals surface area contributed by atoms with E-state index in [0.29, 0.717) is 34.9 Å². The molecule has 0 bridgehead atoms. The van der Waals surface area contributed by atoms with Gasteiger partial charge >= 0.3 is 12.5 Å². The second-order valence-electron chi connectivity index (χ2n) is 11.0. The maximum absolute atomic E-state index is 12.4. The first-order chi connectivity index (χ1) is 21.7. The number of halogens is 3. The minimum absolute atomic E-state index is 0.0527. The number of nitrogens with one attached hydrogen (secondary N) is 2. The molecule has 4 rings (SSSR count). The highest BCUT2D eigenvalue weighted by Gasteiger charge is 2.31. The molecule has 3 aromatic heterocycles. The quantitative estimate of drug-likeness (QED) is 0.195. The fraction of sp³-hybridized carbons (Fsp3) is 0.379. The number of anilines is 2. The number of hydrogen-bond acceptors (Lipinski definition) is 11. The third kappa shape index (κ3) is 11.5. The molecule has 0 aliphatic carbocycles. The molecule has 0 saturated carbocycles. The Morgan fingerprint density at radius 2 is 1.65 bits per heavy atom. The van der Waals surface area contributed by atoms with Gasteiger partial charge in [-0.25, -0.2) is 14.3 Å². The molecule has 2 N–H and O–H groups in total. The van der Waals surface area contributed by atoms with Crippen LogP contribution in [0.4, 0.5) is 28.9 Å². The van der Waals surface area contributed by atoms with Gasteiger partial charge in [0.1, 0.15) is 22.7 Å². The number of nitrogens with zero attached hydrogens (tertiary/aromatic N) is 6. The standard InChI is InChI=1S/C29H31F3N8O5S/c1-28(2,3)45-27(43)40-16-20(33-17-40)15-24(42)35-26-39-38-25(46-26)10-5-4-8-19-11-12-22(37-36-19)34-23(41)14-18-7-6-9-21(13-18)44-29(30,31)32/h6-7,9,11-13,16-17H,4-5,8,10,14-15H2,1-3H3,(H,34,37,41)(H,35,39,42). The first kappa shape index (κ1) is 34.0. The zero-order chi connectivity index (χ0) is 33.3. The van der Waals surface area contributed by atoms with Gasteiger partial charge < -0.3 is 20.1 Å². The van der Waals surface area contributed by atoms with Crippen LogP contribution in [-0.4, -0.2) is 59.8 Å². The molecule has 0 saturated heterocycles. The number of aryl methyl sites for hydroxylation is 2. The van der Waals surface area contributed by atoms with Gasteiger partial charge in [-0.05, 0) is 69.9 Å². The Balaban J connectivity index is 1.15. The van der Waals surface area contributed by atoms with Gasteiger partial charge in [0.25, 0.3) is 0 Å². The molecule has 1 aromatic carbocycles. The van der Waals surface area contributed by atoms with Crippen LogP contribution in [0.3, 0.4) is 0 Å². The first-order valence-electron chi connectivity index (χ1n) is 14.1. The van der Waals surface area contributed by atoms with E-state index in [1.165, 1.54) is 40.6 Å². The van der Waals surface area contributed by atoms with E-state index in [1.54, 1.807) is 32.9 Å². The highest BCUT2D eigenvalue weighted by Crippen LogP contribution is 2.24. The van der Waals surface area contributed by atoms with Crippen LogP contribution >= 0.6 is 11.3 Å². The fourth-order valence-corrected chi connectivity index (χ4v) is 4.77. The Morgan fingerprint density at radius 1 is 0.891 bits per heavy atom. The third-order valence-electron chi connectivity index (χ3n) is 5.85. The lowest BCUT2D eigenvalue weighted by atomic mass is 10.1. The van der Waals surface area contributed by atoms with E-state index in [-0.39, 0.29) is 24.6 Å². The molecule has 3 heterocycles. The molecular formula is C29H31F3N8O5S. The Bertz CT molecular complexity index is 1650. The molecule has 0 aliphatic heterocycles. The van der Waals surface area contributed by atoms with Crippen LogP contribution in [0, 0.1) is 0 Å². The molecule has 244 valence electrons. The zero-order valence-electron chi connectivity index (χ0n) is 25.1. The molecule has 0 aliphatic rings. The van der Waals surface area contributed by atoms with Gasteiger partial charge in [0.15, 0.2) is 5.82 Å². The molecule has 2 amide bonds. The Labute approximate surface area is 265 Å². The van der Waals surface area contributed by atoms with Gasteiger partial charge in [0, 0.05) is 12.6 Å². The lowest BCUT2D eigenvalue weighted by molar-refractivity contribution is -0.274. The van der Waals surface area contributed by atoms with Crippen LogP contribution in [0.2, 0.25) is 0 Å². The summed E-state index contributed by atoms with van der Waals surface area (Å²) in [5.74, 6) is -0.997. The normalized spacial score (nSPS) is 11.6. The van der Waals surface area contributed by atoms with E-state index >= 15 is 0 Å². The number of carbonyl (C=O) groups is 3. The molecule has 46 heavy (non-hydrogen) atoms. The van der Waals surface area contributed by atoms with Crippen molar-refractivity contribution >= 4 is 40.2 Å². The summed E-state index contributed by atoms with van der Waals surface area (Å²) in [6.07, 6.45) is -0.0588. The second-order valence-corrected chi connectivity index (χ2v) is 12.1. The first-order valence-corrected chi connectivity index (χ1v) is 14.9. The SMILES string of the molecule is CC(C)(C)OC(=O)n1cnc(CC(=O)Nc2nnc(CCCCc3ccc(NC(=O)Cc4cccc(OC(F)(F)F)c4)nn3)s2)c1. The van der Waals surface area contributed by atoms with Crippen LogP contribution < -0.4 is 15.4 Å². The molecular weight excluding hydrogens is 629 g/mol. The van der Waals surface area contributed by atoms with Crippen LogP contribution in [-0.2, 0) is 40.0 Å². The van der Waals surface area contributed by atoms with Gasteiger partial charge in [-0.2, -0.15) is 5.10 Å². The summed E-state index contributed by atoms with van der Waals surface area (Å²) < 4.78 is 47.6. The van der Waals surface area contributed by atoms with Crippen molar-refractivity contribution in [3.63, 3.8) is 0 Å². The average Bonchev–Trinajstić information content (AvgIpc) is 3.60. The number of alkyl halides is 3. The molecule has 13 nitrogen and oxygen atoms in total. The predicted molar refractivity (Wildman–Crippen MR) is 160 cm³/mol. The number of carbonyl (C=O) groups excluding carboxylic acids is 3.